The number of ether oxygens (including phenoxy) is 1. The van der Waals surface area contributed by atoms with Crippen LogP contribution in [0, 0.1) is 0 Å². The van der Waals surface area contributed by atoms with Crippen molar-refractivity contribution >= 4 is 17.7 Å². The van der Waals surface area contributed by atoms with Crippen LogP contribution in [0.4, 0.5) is 0 Å². The molecule has 0 saturated carbocycles. The second-order valence-electron chi connectivity index (χ2n) is 5.31. The lowest BCUT2D eigenvalue weighted by atomic mass is 10.1. The molecule has 1 amide bonds. The molecule has 0 bridgehead atoms. The van der Waals surface area contributed by atoms with Crippen LogP contribution in [0.15, 0.2) is 61.2 Å². The van der Waals surface area contributed by atoms with Gasteiger partial charge < -0.3 is 10.1 Å². The van der Waals surface area contributed by atoms with E-state index in [0.717, 1.165) is 22.8 Å². The number of benzene rings is 2. The number of rotatable bonds is 9. The number of amides is 1. The quantitative estimate of drug-likeness (QED) is 0.551. The maximum absolute atomic E-state index is 12.2. The zero-order valence-corrected chi connectivity index (χ0v) is 14.8. The summed E-state index contributed by atoms with van der Waals surface area (Å²) in [7, 11) is 1.63. The Hall–Kier alpha value is -2.20. The van der Waals surface area contributed by atoms with Gasteiger partial charge in [-0.15, -0.1) is 6.58 Å². The second kappa shape index (κ2) is 9.83. The van der Waals surface area contributed by atoms with Crippen LogP contribution in [0.1, 0.15) is 21.5 Å². The van der Waals surface area contributed by atoms with Gasteiger partial charge in [0.2, 0.25) is 0 Å². The van der Waals surface area contributed by atoms with E-state index in [2.05, 4.69) is 24.0 Å². The zero-order chi connectivity index (χ0) is 17.2. The molecule has 1 N–H and O–H groups in total. The maximum Gasteiger partial charge on any atom is 0.251 e. The van der Waals surface area contributed by atoms with Crippen molar-refractivity contribution in [3.63, 3.8) is 0 Å². The fraction of sp³-hybridized carbons (Fsp3) is 0.250. The van der Waals surface area contributed by atoms with Crippen LogP contribution in [-0.4, -0.2) is 25.3 Å². The fourth-order valence-electron chi connectivity index (χ4n) is 2.34. The van der Waals surface area contributed by atoms with E-state index >= 15 is 0 Å². The maximum atomic E-state index is 12.2. The van der Waals surface area contributed by atoms with Gasteiger partial charge in [0.15, 0.2) is 0 Å². The SMILES string of the molecule is C=CCc1cc(C(=O)NCCSCc2ccccc2)ccc1OC. The van der Waals surface area contributed by atoms with E-state index in [9.17, 15) is 4.79 Å². The molecule has 0 aliphatic heterocycles. The van der Waals surface area contributed by atoms with Crippen LogP contribution < -0.4 is 10.1 Å². The largest absolute Gasteiger partial charge is 0.496 e. The van der Waals surface area contributed by atoms with Crippen molar-refractivity contribution in [1.29, 1.82) is 0 Å². The topological polar surface area (TPSA) is 38.3 Å². The standard InChI is InChI=1S/C20H23NO2S/c1-3-7-17-14-18(10-11-19(17)23-2)20(22)21-12-13-24-15-16-8-5-4-6-9-16/h3-6,8-11,14H,1,7,12-13,15H2,2H3,(H,21,22). The molecular formula is C20H23NO2S. The van der Waals surface area contributed by atoms with Crippen LogP contribution >= 0.6 is 11.8 Å². The summed E-state index contributed by atoms with van der Waals surface area (Å²) in [4.78, 5) is 12.2. The fourth-order valence-corrected chi connectivity index (χ4v) is 3.16. The Balaban J connectivity index is 1.79. The average molecular weight is 341 g/mol. The van der Waals surface area contributed by atoms with Crippen LogP contribution in [-0.2, 0) is 12.2 Å². The van der Waals surface area contributed by atoms with Crippen molar-refractivity contribution in [3.8, 4) is 5.75 Å². The molecule has 0 fully saturated rings. The summed E-state index contributed by atoms with van der Waals surface area (Å²) >= 11 is 1.81. The predicted octanol–water partition coefficient (Wildman–Crippen LogP) is 4.09. The molecule has 2 aromatic rings. The van der Waals surface area contributed by atoms with Gasteiger partial charge >= 0.3 is 0 Å². The number of thioether (sulfide) groups is 1. The zero-order valence-electron chi connectivity index (χ0n) is 14.0. The molecule has 0 heterocycles. The van der Waals surface area contributed by atoms with Crippen molar-refractivity contribution in [2.45, 2.75) is 12.2 Å². The van der Waals surface area contributed by atoms with Crippen LogP contribution in [0.2, 0.25) is 0 Å². The number of hydrogen-bond donors (Lipinski definition) is 1. The van der Waals surface area contributed by atoms with Crippen LogP contribution in [0.25, 0.3) is 0 Å². The van der Waals surface area contributed by atoms with Gasteiger partial charge in [0.25, 0.3) is 5.91 Å². The van der Waals surface area contributed by atoms with Crippen molar-refractivity contribution in [3.05, 3.63) is 77.9 Å². The Labute approximate surface area is 148 Å². The summed E-state index contributed by atoms with van der Waals surface area (Å²) in [6, 6.07) is 15.8. The van der Waals surface area contributed by atoms with E-state index < -0.39 is 0 Å². The summed E-state index contributed by atoms with van der Waals surface area (Å²) in [6.45, 7) is 4.39. The molecule has 0 saturated heterocycles. The third-order valence-electron chi connectivity index (χ3n) is 3.55. The third kappa shape index (κ3) is 5.46. The highest BCUT2D eigenvalue weighted by Gasteiger charge is 2.09. The summed E-state index contributed by atoms with van der Waals surface area (Å²) in [5.74, 6) is 2.58. The number of carbonyl (C=O) groups excluding carboxylic acids is 1. The molecule has 0 spiro atoms. The molecule has 24 heavy (non-hydrogen) atoms. The molecule has 0 aliphatic carbocycles. The molecule has 4 heteroatoms. The minimum atomic E-state index is -0.0525. The smallest absolute Gasteiger partial charge is 0.251 e. The van der Waals surface area contributed by atoms with Crippen molar-refractivity contribution in [2.24, 2.45) is 0 Å². The minimum Gasteiger partial charge on any atom is -0.496 e. The molecule has 0 aromatic heterocycles. The van der Waals surface area contributed by atoms with Crippen molar-refractivity contribution < 1.29 is 9.53 Å². The van der Waals surface area contributed by atoms with E-state index in [0.29, 0.717) is 18.5 Å². The monoisotopic (exact) mass is 341 g/mol. The molecule has 0 unspecified atom stereocenters. The van der Waals surface area contributed by atoms with E-state index in [1.165, 1.54) is 5.56 Å². The van der Waals surface area contributed by atoms with Gasteiger partial charge in [0, 0.05) is 23.6 Å². The van der Waals surface area contributed by atoms with Gasteiger partial charge in [-0.1, -0.05) is 36.4 Å². The van der Waals surface area contributed by atoms with Gasteiger partial charge in [-0.2, -0.15) is 11.8 Å². The Kier molecular flexibility index (Phi) is 7.43. The molecule has 3 nitrogen and oxygen atoms in total. The van der Waals surface area contributed by atoms with Gasteiger partial charge in [-0.3, -0.25) is 4.79 Å². The Bertz CT molecular complexity index is 671. The molecule has 2 rings (SSSR count). The number of allylic oxidation sites excluding steroid dienone is 1. The Morgan fingerprint density at radius 3 is 2.75 bits per heavy atom. The molecule has 2 aromatic carbocycles. The normalized spacial score (nSPS) is 10.2. The predicted molar refractivity (Wildman–Crippen MR) is 102 cm³/mol. The summed E-state index contributed by atoms with van der Waals surface area (Å²) in [5, 5.41) is 2.97. The first kappa shape index (κ1) is 18.1. The number of nitrogens with one attached hydrogen (secondary N) is 1. The minimum absolute atomic E-state index is 0.0525. The van der Waals surface area contributed by atoms with Gasteiger partial charge in [-0.25, -0.2) is 0 Å². The van der Waals surface area contributed by atoms with Crippen LogP contribution in [0.3, 0.4) is 0 Å². The Morgan fingerprint density at radius 2 is 2.04 bits per heavy atom. The summed E-state index contributed by atoms with van der Waals surface area (Å²) in [6.07, 6.45) is 2.48. The molecule has 0 aliphatic rings. The average Bonchev–Trinajstić information content (AvgIpc) is 2.62. The first-order valence-electron chi connectivity index (χ1n) is 7.92. The highest BCUT2D eigenvalue weighted by atomic mass is 32.2. The molecule has 0 atom stereocenters. The van der Waals surface area contributed by atoms with E-state index in [-0.39, 0.29) is 5.91 Å². The van der Waals surface area contributed by atoms with Crippen molar-refractivity contribution in [2.75, 3.05) is 19.4 Å². The number of carbonyl (C=O) groups is 1. The lowest BCUT2D eigenvalue weighted by molar-refractivity contribution is 0.0956. The van der Waals surface area contributed by atoms with Gasteiger partial charge in [-0.05, 0) is 35.7 Å². The lowest BCUT2D eigenvalue weighted by Crippen LogP contribution is -2.25. The van der Waals surface area contributed by atoms with E-state index in [4.69, 9.17) is 4.74 Å². The number of methoxy groups -OCH3 is 1. The van der Waals surface area contributed by atoms with Crippen LogP contribution in [0.5, 0.6) is 5.75 Å². The highest BCUT2D eigenvalue weighted by Crippen LogP contribution is 2.20. The molecule has 126 valence electrons. The van der Waals surface area contributed by atoms with Crippen molar-refractivity contribution in [1.82, 2.24) is 5.32 Å². The Morgan fingerprint density at radius 1 is 1.25 bits per heavy atom. The molecular weight excluding hydrogens is 318 g/mol. The molecule has 0 radical (unpaired) electrons. The number of hydrogen-bond acceptors (Lipinski definition) is 3. The van der Waals surface area contributed by atoms with E-state index in [1.807, 2.05) is 42.1 Å². The summed E-state index contributed by atoms with van der Waals surface area (Å²) in [5.41, 5.74) is 2.93. The third-order valence-corrected chi connectivity index (χ3v) is 4.58. The highest BCUT2D eigenvalue weighted by molar-refractivity contribution is 7.98. The first-order chi connectivity index (χ1) is 11.7. The van der Waals surface area contributed by atoms with Gasteiger partial charge in [0.1, 0.15) is 5.75 Å². The second-order valence-corrected chi connectivity index (χ2v) is 6.42. The summed E-state index contributed by atoms with van der Waals surface area (Å²) < 4.78 is 5.30. The van der Waals surface area contributed by atoms with Gasteiger partial charge in [0.05, 0.1) is 7.11 Å². The lowest BCUT2D eigenvalue weighted by Gasteiger charge is -2.10. The van der Waals surface area contributed by atoms with E-state index in [1.54, 1.807) is 19.3 Å². The first-order valence-corrected chi connectivity index (χ1v) is 9.07.